The molecule has 0 aliphatic carbocycles. The highest BCUT2D eigenvalue weighted by Crippen LogP contribution is 2.19. The number of hydrogen-bond acceptors (Lipinski definition) is 2. The third kappa shape index (κ3) is 5.57. The Bertz CT molecular complexity index is 982. The summed E-state index contributed by atoms with van der Waals surface area (Å²) in [4.78, 5) is 0. The van der Waals surface area contributed by atoms with E-state index in [-0.39, 0.29) is 0 Å². The Balaban J connectivity index is 1.59. The van der Waals surface area contributed by atoms with Crippen molar-refractivity contribution in [3.63, 3.8) is 0 Å². The van der Waals surface area contributed by atoms with Crippen LogP contribution in [-0.2, 0) is 6.54 Å². The fourth-order valence-corrected chi connectivity index (χ4v) is 3.07. The second-order valence-electron chi connectivity index (χ2n) is 5.98. The van der Waals surface area contributed by atoms with Crippen molar-refractivity contribution < 1.29 is 0 Å². The molecular weight excluding hydrogens is 399 g/mol. The summed E-state index contributed by atoms with van der Waals surface area (Å²) in [5.74, 6) is 0. The summed E-state index contributed by atoms with van der Waals surface area (Å²) in [6.45, 7) is 2.66. The average Bonchev–Trinajstić information content (AvgIpc) is 3.05. The molecule has 27 heavy (non-hydrogen) atoms. The monoisotopic (exact) mass is 416 g/mol. The van der Waals surface area contributed by atoms with Gasteiger partial charge >= 0.3 is 0 Å². The first kappa shape index (κ1) is 19.4. The van der Waals surface area contributed by atoms with Gasteiger partial charge in [-0.15, -0.1) is 0 Å². The molecule has 3 rings (SSSR count). The van der Waals surface area contributed by atoms with Gasteiger partial charge in [0.1, 0.15) is 0 Å². The number of nitrogens with one attached hydrogen (secondary N) is 2. The summed E-state index contributed by atoms with van der Waals surface area (Å²) >= 11 is 17.4. The molecule has 0 spiro atoms. The van der Waals surface area contributed by atoms with Gasteiger partial charge in [-0.1, -0.05) is 41.4 Å². The van der Waals surface area contributed by atoms with E-state index in [4.69, 9.17) is 35.4 Å². The number of anilines is 1. The molecular formula is C20H18Cl2N4S. The van der Waals surface area contributed by atoms with Crippen LogP contribution in [-0.4, -0.2) is 15.9 Å². The van der Waals surface area contributed by atoms with Crippen LogP contribution in [0.15, 0.2) is 65.9 Å². The lowest BCUT2D eigenvalue weighted by Gasteiger charge is -2.09. The highest BCUT2D eigenvalue weighted by Gasteiger charge is 2.02. The van der Waals surface area contributed by atoms with Crippen molar-refractivity contribution in [2.24, 2.45) is 5.10 Å². The maximum atomic E-state index is 6.12. The van der Waals surface area contributed by atoms with Gasteiger partial charge < -0.3 is 9.88 Å². The molecule has 4 nitrogen and oxygen atoms in total. The van der Waals surface area contributed by atoms with Gasteiger partial charge in [-0.25, -0.2) is 0 Å². The van der Waals surface area contributed by atoms with E-state index in [1.54, 1.807) is 6.21 Å². The predicted octanol–water partition coefficient (Wildman–Crippen LogP) is 5.47. The molecule has 0 saturated carbocycles. The lowest BCUT2D eigenvalue weighted by atomic mass is 10.2. The summed E-state index contributed by atoms with van der Waals surface area (Å²) in [5, 5.41) is 9.06. The molecule has 0 radical (unpaired) electrons. The van der Waals surface area contributed by atoms with Gasteiger partial charge in [0.25, 0.3) is 0 Å². The predicted molar refractivity (Wildman–Crippen MR) is 118 cm³/mol. The van der Waals surface area contributed by atoms with Crippen LogP contribution in [0.3, 0.4) is 0 Å². The van der Waals surface area contributed by atoms with E-state index in [2.05, 4.69) is 20.4 Å². The van der Waals surface area contributed by atoms with Crippen molar-refractivity contribution in [2.75, 3.05) is 5.32 Å². The van der Waals surface area contributed by atoms with Crippen LogP contribution >= 0.6 is 35.4 Å². The van der Waals surface area contributed by atoms with Gasteiger partial charge in [0.15, 0.2) is 5.11 Å². The summed E-state index contributed by atoms with van der Waals surface area (Å²) < 4.78 is 2.08. The number of hydrazone groups is 1. The molecule has 0 aliphatic heterocycles. The highest BCUT2D eigenvalue weighted by molar-refractivity contribution is 7.80. The molecule has 0 fully saturated rings. The molecule has 1 aromatic heterocycles. The Morgan fingerprint density at radius 3 is 2.78 bits per heavy atom. The Labute approximate surface area is 173 Å². The van der Waals surface area contributed by atoms with Gasteiger partial charge in [0.05, 0.1) is 11.9 Å². The number of hydrogen-bond donors (Lipinski definition) is 2. The van der Waals surface area contributed by atoms with E-state index in [1.165, 1.54) is 0 Å². The summed E-state index contributed by atoms with van der Waals surface area (Å²) in [6.07, 6.45) is 3.72. The Morgan fingerprint density at radius 1 is 1.15 bits per heavy atom. The largest absolute Gasteiger partial charge is 0.342 e. The van der Waals surface area contributed by atoms with Gasteiger partial charge in [-0.2, -0.15) is 5.10 Å². The van der Waals surface area contributed by atoms with Crippen LogP contribution in [0.25, 0.3) is 0 Å². The van der Waals surface area contributed by atoms with Gasteiger partial charge in [-0.3, -0.25) is 5.43 Å². The molecule has 0 bridgehead atoms. The Hall–Kier alpha value is -2.34. The first-order valence-corrected chi connectivity index (χ1v) is 9.43. The lowest BCUT2D eigenvalue weighted by molar-refractivity contribution is 0.799. The standard InChI is InChI=1S/C20H18Cl2N4S/c1-14-7-8-17(11-19(14)22)24-20(27)25-23-12-18-6-3-9-26(18)13-15-4-2-5-16(21)10-15/h2-12H,13H2,1H3,(H2,24,25,27). The zero-order valence-corrected chi connectivity index (χ0v) is 16.9. The molecule has 1 heterocycles. The fraction of sp³-hybridized carbons (Fsp3) is 0.100. The Kier molecular flexibility index (Phi) is 6.50. The van der Waals surface area contributed by atoms with Crippen LogP contribution in [0, 0.1) is 6.92 Å². The zero-order valence-electron chi connectivity index (χ0n) is 14.6. The summed E-state index contributed by atoms with van der Waals surface area (Å²) in [6, 6.07) is 17.4. The Morgan fingerprint density at radius 2 is 2.00 bits per heavy atom. The SMILES string of the molecule is Cc1ccc(NC(=S)NN=Cc2cccn2Cc2cccc(Cl)c2)cc1Cl. The van der Waals surface area contributed by atoms with Crippen LogP contribution in [0.1, 0.15) is 16.8 Å². The molecule has 7 heteroatoms. The third-order valence-corrected chi connectivity index (χ3v) is 4.73. The number of thiocarbonyl (C=S) groups is 1. The lowest BCUT2D eigenvalue weighted by Crippen LogP contribution is -2.24. The second kappa shape index (κ2) is 9.04. The normalized spacial score (nSPS) is 10.9. The van der Waals surface area contributed by atoms with Crippen LogP contribution in [0.2, 0.25) is 10.0 Å². The van der Waals surface area contributed by atoms with Crippen molar-refractivity contribution in [3.8, 4) is 0 Å². The molecule has 2 aromatic carbocycles. The average molecular weight is 417 g/mol. The first-order valence-electron chi connectivity index (χ1n) is 8.27. The summed E-state index contributed by atoms with van der Waals surface area (Å²) in [7, 11) is 0. The topological polar surface area (TPSA) is 41.4 Å². The van der Waals surface area contributed by atoms with Crippen LogP contribution < -0.4 is 10.7 Å². The van der Waals surface area contributed by atoms with Crippen molar-refractivity contribution in [2.45, 2.75) is 13.5 Å². The zero-order chi connectivity index (χ0) is 19.2. The fourth-order valence-electron chi connectivity index (χ4n) is 2.51. The van der Waals surface area contributed by atoms with Crippen molar-refractivity contribution >= 4 is 52.4 Å². The number of aromatic nitrogens is 1. The minimum atomic E-state index is 0.388. The van der Waals surface area contributed by atoms with Gasteiger partial charge in [0.2, 0.25) is 0 Å². The maximum absolute atomic E-state index is 6.12. The van der Waals surface area contributed by atoms with E-state index < -0.39 is 0 Å². The molecule has 2 N–H and O–H groups in total. The molecule has 3 aromatic rings. The van der Waals surface area contributed by atoms with E-state index in [0.717, 1.165) is 27.5 Å². The van der Waals surface area contributed by atoms with E-state index in [9.17, 15) is 0 Å². The molecule has 138 valence electrons. The summed E-state index contributed by atoms with van der Waals surface area (Å²) in [5.41, 5.74) is 6.71. The highest BCUT2D eigenvalue weighted by atomic mass is 35.5. The van der Waals surface area contributed by atoms with Gasteiger partial charge in [0, 0.05) is 28.5 Å². The number of halogens is 2. The van der Waals surface area contributed by atoms with Crippen molar-refractivity contribution in [1.82, 2.24) is 9.99 Å². The number of benzene rings is 2. The van der Waals surface area contributed by atoms with E-state index in [0.29, 0.717) is 16.7 Å². The van der Waals surface area contributed by atoms with Crippen LogP contribution in [0.5, 0.6) is 0 Å². The minimum Gasteiger partial charge on any atom is -0.342 e. The molecule has 0 amide bonds. The first-order chi connectivity index (χ1) is 13.0. The number of aryl methyl sites for hydroxylation is 1. The molecule has 0 atom stereocenters. The van der Waals surface area contributed by atoms with E-state index in [1.807, 2.05) is 67.7 Å². The van der Waals surface area contributed by atoms with Gasteiger partial charge in [-0.05, 0) is 66.7 Å². The number of rotatable bonds is 5. The molecule has 0 unspecified atom stereocenters. The van der Waals surface area contributed by atoms with Crippen molar-refractivity contribution in [1.29, 1.82) is 0 Å². The number of nitrogens with zero attached hydrogens (tertiary/aromatic N) is 2. The van der Waals surface area contributed by atoms with Crippen molar-refractivity contribution in [3.05, 3.63) is 87.7 Å². The minimum absolute atomic E-state index is 0.388. The quantitative estimate of drug-likeness (QED) is 0.329. The smallest absolute Gasteiger partial charge is 0.191 e. The molecule has 0 saturated heterocycles. The second-order valence-corrected chi connectivity index (χ2v) is 7.23. The van der Waals surface area contributed by atoms with E-state index >= 15 is 0 Å². The van der Waals surface area contributed by atoms with Crippen LogP contribution in [0.4, 0.5) is 5.69 Å². The molecule has 0 aliphatic rings. The third-order valence-electron chi connectivity index (χ3n) is 3.90. The maximum Gasteiger partial charge on any atom is 0.191 e.